The predicted molar refractivity (Wildman–Crippen MR) is 114 cm³/mol. The summed E-state index contributed by atoms with van der Waals surface area (Å²) in [5.41, 5.74) is 1.41. The quantitative estimate of drug-likeness (QED) is 0.796. The van der Waals surface area contributed by atoms with Gasteiger partial charge >= 0.3 is 0 Å². The largest absolute Gasteiger partial charge is 0.354 e. The first-order chi connectivity index (χ1) is 14.2. The number of piperidine rings is 1. The highest BCUT2D eigenvalue weighted by atomic mass is 16.2. The van der Waals surface area contributed by atoms with Gasteiger partial charge in [-0.1, -0.05) is 48.5 Å². The normalized spacial score (nSPS) is 23.9. The van der Waals surface area contributed by atoms with E-state index in [0.717, 1.165) is 38.8 Å². The van der Waals surface area contributed by atoms with E-state index in [1.54, 1.807) is 0 Å². The smallest absolute Gasteiger partial charge is 0.251 e. The van der Waals surface area contributed by atoms with E-state index in [2.05, 4.69) is 27.7 Å². The zero-order valence-corrected chi connectivity index (χ0v) is 16.8. The molecule has 2 heterocycles. The average molecular weight is 392 g/mol. The number of fused-ring (bicyclic) bond motifs is 1. The fourth-order valence-electron chi connectivity index (χ4n) is 4.76. The number of nitrogens with one attached hydrogen (secondary N) is 2. The van der Waals surface area contributed by atoms with Crippen molar-refractivity contribution >= 4 is 11.8 Å². The zero-order chi connectivity index (χ0) is 20.1. The van der Waals surface area contributed by atoms with Gasteiger partial charge in [0.15, 0.2) is 0 Å². The lowest BCUT2D eigenvalue weighted by molar-refractivity contribution is -0.133. The van der Waals surface area contributed by atoms with Crippen LogP contribution in [0.3, 0.4) is 0 Å². The molecule has 5 heteroatoms. The van der Waals surface area contributed by atoms with Gasteiger partial charge in [0.25, 0.3) is 5.91 Å². The Hall–Kier alpha value is -2.66. The van der Waals surface area contributed by atoms with Crippen LogP contribution in [-0.2, 0) is 11.2 Å². The second kappa shape index (κ2) is 8.78. The van der Waals surface area contributed by atoms with Gasteiger partial charge in [-0.15, -0.1) is 0 Å². The van der Waals surface area contributed by atoms with Crippen molar-refractivity contribution < 1.29 is 9.59 Å². The van der Waals surface area contributed by atoms with Gasteiger partial charge in [-0.3, -0.25) is 14.5 Å². The van der Waals surface area contributed by atoms with E-state index in [0.29, 0.717) is 18.5 Å². The van der Waals surface area contributed by atoms with Crippen molar-refractivity contribution in [2.45, 2.75) is 43.7 Å². The first kappa shape index (κ1) is 19.6. The van der Waals surface area contributed by atoms with Gasteiger partial charge in [0.1, 0.15) is 5.54 Å². The molecular weight excluding hydrogens is 362 g/mol. The number of carbonyl (C=O) groups is 2. The molecule has 0 radical (unpaired) electrons. The molecule has 2 amide bonds. The lowest BCUT2D eigenvalue weighted by Crippen LogP contribution is -2.57. The van der Waals surface area contributed by atoms with E-state index in [1.165, 1.54) is 5.56 Å². The predicted octanol–water partition coefficient (Wildman–Crippen LogP) is 2.77. The molecule has 0 spiro atoms. The van der Waals surface area contributed by atoms with Crippen LogP contribution in [0.2, 0.25) is 0 Å². The Morgan fingerprint density at radius 2 is 1.72 bits per heavy atom. The van der Waals surface area contributed by atoms with Crippen molar-refractivity contribution in [2.24, 2.45) is 0 Å². The van der Waals surface area contributed by atoms with E-state index >= 15 is 0 Å². The van der Waals surface area contributed by atoms with Crippen LogP contribution in [0, 0.1) is 0 Å². The van der Waals surface area contributed by atoms with Crippen LogP contribution in [0.15, 0.2) is 60.7 Å². The fourth-order valence-corrected chi connectivity index (χ4v) is 4.76. The van der Waals surface area contributed by atoms with Gasteiger partial charge in [-0.25, -0.2) is 0 Å². The number of amides is 2. The summed E-state index contributed by atoms with van der Waals surface area (Å²) in [5.74, 6) is 0.0553. The molecule has 2 atom stereocenters. The Kier molecular flexibility index (Phi) is 5.95. The molecule has 0 aliphatic carbocycles. The standard InChI is InChI=1S/C24H29N3O2/c28-22(20-11-5-2-6-12-20)26-21-17-24(14-7-8-16-27(24)18-21)23(29)25-15-13-19-9-3-1-4-10-19/h1-6,9-12,21H,7-8,13-18H2,(H,25,29)(H,26,28)/t21-,24+/m0/s1. The van der Waals surface area contributed by atoms with Gasteiger partial charge in [0.05, 0.1) is 0 Å². The van der Waals surface area contributed by atoms with Crippen LogP contribution < -0.4 is 10.6 Å². The molecular formula is C24H29N3O2. The van der Waals surface area contributed by atoms with Crippen LogP contribution in [0.1, 0.15) is 41.6 Å². The van der Waals surface area contributed by atoms with Gasteiger partial charge in [-0.05, 0) is 56.3 Å². The molecule has 2 aliphatic rings. The van der Waals surface area contributed by atoms with Crippen LogP contribution in [0.4, 0.5) is 0 Å². The monoisotopic (exact) mass is 391 g/mol. The van der Waals surface area contributed by atoms with Gasteiger partial charge in [0.2, 0.25) is 5.91 Å². The number of hydrogen-bond donors (Lipinski definition) is 2. The maximum Gasteiger partial charge on any atom is 0.251 e. The van der Waals surface area contributed by atoms with Crippen molar-refractivity contribution in [2.75, 3.05) is 19.6 Å². The van der Waals surface area contributed by atoms with E-state index in [4.69, 9.17) is 0 Å². The Bertz CT molecular complexity index is 840. The highest BCUT2D eigenvalue weighted by Crippen LogP contribution is 2.38. The van der Waals surface area contributed by atoms with Crippen molar-refractivity contribution in [3.8, 4) is 0 Å². The number of hydrogen-bond acceptors (Lipinski definition) is 3. The first-order valence-electron chi connectivity index (χ1n) is 10.6. The third-order valence-corrected chi connectivity index (χ3v) is 6.23. The Balaban J connectivity index is 1.39. The highest BCUT2D eigenvalue weighted by molar-refractivity contribution is 5.94. The molecule has 2 aromatic rings. The summed E-state index contributed by atoms with van der Waals surface area (Å²) < 4.78 is 0. The topological polar surface area (TPSA) is 61.4 Å². The van der Waals surface area contributed by atoms with Crippen molar-refractivity contribution in [1.82, 2.24) is 15.5 Å². The summed E-state index contributed by atoms with van der Waals surface area (Å²) in [6.07, 6.45) is 4.54. The third-order valence-electron chi connectivity index (χ3n) is 6.23. The number of nitrogens with zero attached hydrogens (tertiary/aromatic N) is 1. The molecule has 2 N–H and O–H groups in total. The Morgan fingerprint density at radius 3 is 2.48 bits per heavy atom. The van der Waals surface area contributed by atoms with Crippen LogP contribution >= 0.6 is 0 Å². The van der Waals surface area contributed by atoms with E-state index < -0.39 is 5.54 Å². The molecule has 5 nitrogen and oxygen atoms in total. The van der Waals surface area contributed by atoms with Gasteiger partial charge < -0.3 is 10.6 Å². The molecule has 2 aliphatic heterocycles. The number of benzene rings is 2. The van der Waals surface area contributed by atoms with E-state index in [1.807, 2.05) is 48.5 Å². The molecule has 29 heavy (non-hydrogen) atoms. The lowest BCUT2D eigenvalue weighted by Gasteiger charge is -2.40. The summed E-state index contributed by atoms with van der Waals surface area (Å²) in [5, 5.41) is 6.33. The second-order valence-corrected chi connectivity index (χ2v) is 8.17. The SMILES string of the molecule is O=C(N[C@@H]1CN2CCCC[C@]2(C(=O)NCCc2ccccc2)C1)c1ccccc1. The third kappa shape index (κ3) is 4.35. The van der Waals surface area contributed by atoms with Crippen molar-refractivity contribution in [3.05, 3.63) is 71.8 Å². The average Bonchev–Trinajstić information content (AvgIpc) is 3.14. The van der Waals surface area contributed by atoms with Crippen molar-refractivity contribution in [3.63, 3.8) is 0 Å². The minimum atomic E-state index is -0.483. The molecule has 2 fully saturated rings. The number of rotatable bonds is 6. The highest BCUT2D eigenvalue weighted by Gasteiger charge is 2.52. The maximum atomic E-state index is 13.2. The van der Waals surface area contributed by atoms with Gasteiger partial charge in [0, 0.05) is 24.7 Å². The van der Waals surface area contributed by atoms with E-state index in [9.17, 15) is 9.59 Å². The minimum Gasteiger partial charge on any atom is -0.354 e. The Labute approximate surface area is 172 Å². The molecule has 2 aromatic carbocycles. The molecule has 0 bridgehead atoms. The molecule has 152 valence electrons. The molecule has 4 rings (SSSR count). The number of carbonyl (C=O) groups excluding carboxylic acids is 2. The second-order valence-electron chi connectivity index (χ2n) is 8.17. The molecule has 2 saturated heterocycles. The Morgan fingerprint density at radius 1 is 1.00 bits per heavy atom. The lowest BCUT2D eigenvalue weighted by atomic mass is 9.84. The van der Waals surface area contributed by atoms with Crippen LogP contribution in [0.25, 0.3) is 0 Å². The van der Waals surface area contributed by atoms with Crippen molar-refractivity contribution in [1.29, 1.82) is 0 Å². The summed E-state index contributed by atoms with van der Waals surface area (Å²) in [7, 11) is 0. The van der Waals surface area contributed by atoms with Crippen LogP contribution in [-0.4, -0.2) is 47.9 Å². The molecule has 0 aromatic heterocycles. The fraction of sp³-hybridized carbons (Fsp3) is 0.417. The summed E-state index contributed by atoms with van der Waals surface area (Å²) in [6, 6.07) is 19.5. The maximum absolute atomic E-state index is 13.2. The molecule has 0 saturated carbocycles. The summed E-state index contributed by atoms with van der Waals surface area (Å²) >= 11 is 0. The minimum absolute atomic E-state index is 0.000629. The van der Waals surface area contributed by atoms with E-state index in [-0.39, 0.29) is 17.9 Å². The summed E-state index contributed by atoms with van der Waals surface area (Å²) in [4.78, 5) is 28.1. The van der Waals surface area contributed by atoms with Crippen LogP contribution in [0.5, 0.6) is 0 Å². The van der Waals surface area contributed by atoms with Gasteiger partial charge in [-0.2, -0.15) is 0 Å². The zero-order valence-electron chi connectivity index (χ0n) is 16.8. The molecule has 0 unspecified atom stereocenters. The first-order valence-corrected chi connectivity index (χ1v) is 10.6. The summed E-state index contributed by atoms with van der Waals surface area (Å²) in [6.45, 7) is 2.30.